The van der Waals surface area contributed by atoms with Gasteiger partial charge < -0.3 is 15.0 Å². The highest BCUT2D eigenvalue weighted by Crippen LogP contribution is 2.25. The van der Waals surface area contributed by atoms with Crippen molar-refractivity contribution in [2.75, 3.05) is 7.11 Å². The molecule has 0 aliphatic rings. The van der Waals surface area contributed by atoms with E-state index in [1.807, 2.05) is 66.7 Å². The van der Waals surface area contributed by atoms with E-state index < -0.39 is 6.04 Å². The summed E-state index contributed by atoms with van der Waals surface area (Å²) in [6.45, 7) is 2.05. The third kappa shape index (κ3) is 5.86. The van der Waals surface area contributed by atoms with E-state index in [0.717, 1.165) is 16.7 Å². The zero-order valence-corrected chi connectivity index (χ0v) is 18.3. The molecule has 5 nitrogen and oxygen atoms in total. The minimum Gasteiger partial charge on any atom is -0.496 e. The van der Waals surface area contributed by atoms with Crippen LogP contribution in [0.1, 0.15) is 29.7 Å². The van der Waals surface area contributed by atoms with Crippen molar-refractivity contribution in [3.8, 4) is 5.75 Å². The monoisotopic (exact) mass is 436 g/mol. The van der Waals surface area contributed by atoms with Crippen molar-refractivity contribution in [2.45, 2.75) is 26.1 Å². The van der Waals surface area contributed by atoms with Gasteiger partial charge in [0.2, 0.25) is 11.8 Å². The molecule has 0 saturated heterocycles. The molecule has 3 aromatic rings. The predicted octanol–water partition coefficient (Wildman–Crippen LogP) is 4.75. The average molecular weight is 437 g/mol. The quantitative estimate of drug-likeness (QED) is 0.554. The Kier molecular flexibility index (Phi) is 7.68. The predicted molar refractivity (Wildman–Crippen MR) is 122 cm³/mol. The first-order valence-corrected chi connectivity index (χ1v) is 10.3. The number of ether oxygens (including phenoxy) is 1. The van der Waals surface area contributed by atoms with Gasteiger partial charge in [-0.2, -0.15) is 0 Å². The first-order chi connectivity index (χ1) is 15.0. The van der Waals surface area contributed by atoms with Gasteiger partial charge in [0.05, 0.1) is 7.11 Å². The molecule has 1 N–H and O–H groups in total. The fourth-order valence-electron chi connectivity index (χ4n) is 3.41. The van der Waals surface area contributed by atoms with Gasteiger partial charge in [0.1, 0.15) is 11.8 Å². The summed E-state index contributed by atoms with van der Waals surface area (Å²) in [6.07, 6.45) is 0. The van der Waals surface area contributed by atoms with Gasteiger partial charge in [-0.25, -0.2) is 0 Å². The summed E-state index contributed by atoms with van der Waals surface area (Å²) in [7, 11) is 1.59. The lowest BCUT2D eigenvalue weighted by atomic mass is 10.0. The molecular weight excluding hydrogens is 412 g/mol. The lowest BCUT2D eigenvalue weighted by molar-refractivity contribution is -0.140. The van der Waals surface area contributed by atoms with Crippen LogP contribution in [0.4, 0.5) is 0 Å². The molecule has 3 rings (SSSR count). The normalized spacial score (nSPS) is 11.5. The van der Waals surface area contributed by atoms with Crippen molar-refractivity contribution in [1.29, 1.82) is 0 Å². The lowest BCUT2D eigenvalue weighted by Crippen LogP contribution is -2.42. The molecule has 0 aromatic heterocycles. The molecule has 160 valence electrons. The fourth-order valence-corrected chi connectivity index (χ4v) is 3.53. The number of nitrogens with zero attached hydrogens (tertiary/aromatic N) is 1. The van der Waals surface area contributed by atoms with E-state index in [1.165, 1.54) is 6.92 Å². The van der Waals surface area contributed by atoms with Crippen LogP contribution in [0.2, 0.25) is 5.02 Å². The highest BCUT2D eigenvalue weighted by molar-refractivity contribution is 6.30. The van der Waals surface area contributed by atoms with Crippen molar-refractivity contribution < 1.29 is 14.3 Å². The molecule has 31 heavy (non-hydrogen) atoms. The van der Waals surface area contributed by atoms with E-state index in [4.69, 9.17) is 16.3 Å². The second kappa shape index (κ2) is 10.6. The van der Waals surface area contributed by atoms with Crippen molar-refractivity contribution in [3.63, 3.8) is 0 Å². The van der Waals surface area contributed by atoms with Crippen LogP contribution in [0.15, 0.2) is 78.9 Å². The number of nitrogens with one attached hydrogen (secondary N) is 1. The molecule has 0 bridgehead atoms. The van der Waals surface area contributed by atoms with Crippen LogP contribution in [0.3, 0.4) is 0 Å². The third-order valence-electron chi connectivity index (χ3n) is 4.99. The molecule has 0 heterocycles. The first-order valence-electron chi connectivity index (χ1n) is 9.96. The maximum atomic E-state index is 13.3. The van der Waals surface area contributed by atoms with Gasteiger partial charge in [-0.15, -0.1) is 0 Å². The van der Waals surface area contributed by atoms with Gasteiger partial charge in [0.15, 0.2) is 0 Å². The van der Waals surface area contributed by atoms with E-state index >= 15 is 0 Å². The molecule has 0 aliphatic carbocycles. The third-order valence-corrected chi connectivity index (χ3v) is 5.24. The molecule has 0 saturated carbocycles. The van der Waals surface area contributed by atoms with Gasteiger partial charge in [-0.05, 0) is 29.3 Å². The Morgan fingerprint density at radius 1 is 0.968 bits per heavy atom. The number of carbonyl (C=O) groups excluding carboxylic acids is 2. The molecule has 0 fully saturated rings. The summed E-state index contributed by atoms with van der Waals surface area (Å²) < 4.78 is 5.37. The summed E-state index contributed by atoms with van der Waals surface area (Å²) in [5.41, 5.74) is 2.49. The standard InChI is InChI=1S/C25H25ClN2O3/c1-18(29)28(17-19-12-14-22(26)15-13-19)24(20-8-4-3-5-9-20)25(30)27-16-21-10-6-7-11-23(21)31-2/h3-15,24H,16-17H2,1-2H3,(H,27,30)/t24-/m0/s1. The number of rotatable bonds is 8. The van der Waals surface area contributed by atoms with Crippen molar-refractivity contribution in [2.24, 2.45) is 0 Å². The Bertz CT molecular complexity index is 1020. The fraction of sp³-hybridized carbons (Fsp3) is 0.200. The lowest BCUT2D eigenvalue weighted by Gasteiger charge is -2.30. The number of para-hydroxylation sites is 1. The number of methoxy groups -OCH3 is 1. The van der Waals surface area contributed by atoms with Gasteiger partial charge in [-0.1, -0.05) is 72.3 Å². The molecule has 6 heteroatoms. The first kappa shape index (κ1) is 22.4. The molecule has 1 atom stereocenters. The van der Waals surface area contributed by atoms with E-state index in [1.54, 1.807) is 24.1 Å². The van der Waals surface area contributed by atoms with E-state index in [2.05, 4.69) is 5.32 Å². The Labute approximate surface area is 187 Å². The highest BCUT2D eigenvalue weighted by Gasteiger charge is 2.29. The van der Waals surface area contributed by atoms with Crippen LogP contribution in [-0.2, 0) is 22.7 Å². The van der Waals surface area contributed by atoms with Gasteiger partial charge in [-0.3, -0.25) is 9.59 Å². The largest absolute Gasteiger partial charge is 0.496 e. The van der Waals surface area contributed by atoms with E-state index in [9.17, 15) is 9.59 Å². The number of halogens is 1. The van der Waals surface area contributed by atoms with Crippen LogP contribution in [0.25, 0.3) is 0 Å². The molecule has 2 amide bonds. The van der Waals surface area contributed by atoms with Crippen LogP contribution in [-0.4, -0.2) is 23.8 Å². The van der Waals surface area contributed by atoms with Crippen molar-refractivity contribution >= 4 is 23.4 Å². The zero-order valence-electron chi connectivity index (χ0n) is 17.5. The Balaban J connectivity index is 1.88. The summed E-state index contributed by atoms with van der Waals surface area (Å²) in [4.78, 5) is 27.5. The van der Waals surface area contributed by atoms with Crippen LogP contribution in [0.5, 0.6) is 5.75 Å². The Morgan fingerprint density at radius 2 is 1.61 bits per heavy atom. The minimum absolute atomic E-state index is 0.198. The summed E-state index contributed by atoms with van der Waals surface area (Å²) >= 11 is 5.99. The zero-order chi connectivity index (χ0) is 22.2. The maximum Gasteiger partial charge on any atom is 0.247 e. The molecule has 0 aliphatic heterocycles. The van der Waals surface area contributed by atoms with Crippen LogP contribution >= 0.6 is 11.6 Å². The van der Waals surface area contributed by atoms with Gasteiger partial charge in [0, 0.05) is 30.6 Å². The van der Waals surface area contributed by atoms with Gasteiger partial charge >= 0.3 is 0 Å². The molecule has 0 unspecified atom stereocenters. The molecule has 0 spiro atoms. The maximum absolute atomic E-state index is 13.3. The Hall–Kier alpha value is -3.31. The Morgan fingerprint density at radius 3 is 2.26 bits per heavy atom. The van der Waals surface area contributed by atoms with Crippen molar-refractivity contribution in [1.82, 2.24) is 10.2 Å². The number of amides is 2. The summed E-state index contributed by atoms with van der Waals surface area (Å²) in [6, 6.07) is 23.3. The number of hydrogen-bond donors (Lipinski definition) is 1. The minimum atomic E-state index is -0.774. The number of carbonyl (C=O) groups is 2. The van der Waals surface area contributed by atoms with Crippen LogP contribution in [0, 0.1) is 0 Å². The second-order valence-corrected chi connectivity index (χ2v) is 7.55. The van der Waals surface area contributed by atoms with E-state index in [-0.39, 0.29) is 18.4 Å². The topological polar surface area (TPSA) is 58.6 Å². The number of benzene rings is 3. The van der Waals surface area contributed by atoms with Crippen LogP contribution < -0.4 is 10.1 Å². The molecule has 3 aromatic carbocycles. The average Bonchev–Trinajstić information content (AvgIpc) is 2.79. The highest BCUT2D eigenvalue weighted by atomic mass is 35.5. The summed E-state index contributed by atoms with van der Waals surface area (Å²) in [5.74, 6) is 0.237. The second-order valence-electron chi connectivity index (χ2n) is 7.12. The summed E-state index contributed by atoms with van der Waals surface area (Å²) in [5, 5.41) is 3.59. The number of hydrogen-bond acceptors (Lipinski definition) is 3. The van der Waals surface area contributed by atoms with Crippen molar-refractivity contribution in [3.05, 3.63) is 101 Å². The molecule has 0 radical (unpaired) electrons. The van der Waals surface area contributed by atoms with Gasteiger partial charge in [0.25, 0.3) is 0 Å². The molecular formula is C25H25ClN2O3. The smallest absolute Gasteiger partial charge is 0.247 e. The SMILES string of the molecule is COc1ccccc1CNC(=O)[C@H](c1ccccc1)N(Cc1ccc(Cl)cc1)C(C)=O. The van der Waals surface area contributed by atoms with E-state index in [0.29, 0.717) is 17.3 Å².